The summed E-state index contributed by atoms with van der Waals surface area (Å²) in [5, 5.41) is 7.32. The van der Waals surface area contributed by atoms with Crippen molar-refractivity contribution in [3.8, 4) is 0 Å². The normalized spacial score (nSPS) is 16.9. The fraction of sp³-hybridized carbons (Fsp3) is 0.800. The highest BCUT2D eigenvalue weighted by Gasteiger charge is 2.57. The molecule has 0 aliphatic heterocycles. The molecule has 8 heteroatoms. The van der Waals surface area contributed by atoms with Crippen molar-refractivity contribution in [3.05, 3.63) is 0 Å². The third-order valence-corrected chi connectivity index (χ3v) is 8.38. The van der Waals surface area contributed by atoms with Crippen molar-refractivity contribution in [2.24, 2.45) is 5.92 Å². The van der Waals surface area contributed by atoms with Gasteiger partial charge in [0.1, 0.15) is 5.16 Å². The number of hydrogen-bond acceptors (Lipinski definition) is 5. The maximum absolute atomic E-state index is 12.0. The van der Waals surface area contributed by atoms with Gasteiger partial charge in [0, 0.05) is 14.2 Å². The lowest BCUT2D eigenvalue weighted by atomic mass is 9.88. The molecule has 1 N–H and O–H groups in total. The first-order chi connectivity index (χ1) is 8.27. The molecule has 0 amide bonds. The molecule has 0 saturated heterocycles. The molecule has 0 heterocycles. The molecule has 0 aromatic carbocycles. The van der Waals surface area contributed by atoms with Gasteiger partial charge >= 0.3 is 5.97 Å². The molecular weight excluding hydrogens is 295 g/mol. The molecular formula is C10H19O5PS2. The van der Waals surface area contributed by atoms with Gasteiger partial charge in [0.05, 0.1) is 5.92 Å². The topological polar surface area (TPSA) is 72.8 Å². The second-order valence-electron chi connectivity index (χ2n) is 3.74. The maximum atomic E-state index is 12.0. The summed E-state index contributed by atoms with van der Waals surface area (Å²) in [7, 11) is 2.67. The average molecular weight is 314 g/mol. The molecule has 18 heavy (non-hydrogen) atoms. The molecule has 0 aliphatic rings. The first-order valence-electron chi connectivity index (χ1n) is 5.45. The zero-order chi connectivity index (χ0) is 14.6. The van der Waals surface area contributed by atoms with Gasteiger partial charge in [-0.15, -0.1) is 12.6 Å². The van der Waals surface area contributed by atoms with Gasteiger partial charge in [0.15, 0.2) is 0 Å². The fourth-order valence-corrected chi connectivity index (χ4v) is 6.19. The Labute approximate surface area is 118 Å². The summed E-state index contributed by atoms with van der Waals surface area (Å²) in [6, 6.07) is 0. The minimum Gasteiger partial charge on any atom is -0.481 e. The summed E-state index contributed by atoms with van der Waals surface area (Å²) in [6.07, 6.45) is 0.458. The second kappa shape index (κ2) is 7.01. The van der Waals surface area contributed by atoms with Crippen LogP contribution in [0.15, 0.2) is 0 Å². The number of carbonyl (C=O) groups is 2. The molecule has 2 atom stereocenters. The molecule has 0 radical (unpaired) electrons. The Hall–Kier alpha value is 0.0600. The van der Waals surface area contributed by atoms with Crippen LogP contribution in [0.25, 0.3) is 0 Å². The van der Waals surface area contributed by atoms with E-state index in [0.29, 0.717) is 0 Å². The van der Waals surface area contributed by atoms with Crippen molar-refractivity contribution < 1.29 is 23.7 Å². The van der Waals surface area contributed by atoms with E-state index in [4.69, 9.17) is 20.9 Å². The van der Waals surface area contributed by atoms with Crippen molar-refractivity contribution in [1.29, 1.82) is 0 Å². The Morgan fingerprint density at radius 2 is 1.83 bits per heavy atom. The van der Waals surface area contributed by atoms with Crippen LogP contribution < -0.4 is 0 Å². The molecule has 0 fully saturated rings. The molecule has 0 spiro atoms. The minimum absolute atomic E-state index is 0.207. The summed E-state index contributed by atoms with van der Waals surface area (Å²) >= 11 is 9.16. The second-order valence-corrected chi connectivity index (χ2v) is 8.12. The fourth-order valence-electron chi connectivity index (χ4n) is 2.17. The van der Waals surface area contributed by atoms with E-state index in [0.717, 1.165) is 0 Å². The first-order valence-corrected chi connectivity index (χ1v) is 8.53. The van der Waals surface area contributed by atoms with Crippen LogP contribution in [0.2, 0.25) is 0 Å². The van der Waals surface area contributed by atoms with Gasteiger partial charge in [-0.1, -0.05) is 13.8 Å². The van der Waals surface area contributed by atoms with E-state index in [2.05, 4.69) is 12.6 Å². The number of carboxylic acid groups (broad SMARTS) is 1. The van der Waals surface area contributed by atoms with E-state index in [1.165, 1.54) is 14.2 Å². The van der Waals surface area contributed by atoms with Crippen LogP contribution in [-0.2, 0) is 30.4 Å². The quantitative estimate of drug-likeness (QED) is 0.529. The van der Waals surface area contributed by atoms with Gasteiger partial charge in [-0.3, -0.25) is 9.59 Å². The molecule has 0 aromatic rings. The SMILES string of the molecule is CCC(C(=O)O)C(CC)(C(=O)S)P(=S)(OC)OC. The van der Waals surface area contributed by atoms with E-state index in [-0.39, 0.29) is 12.8 Å². The molecule has 5 nitrogen and oxygen atoms in total. The Morgan fingerprint density at radius 1 is 1.39 bits per heavy atom. The van der Waals surface area contributed by atoms with Crippen LogP contribution in [0.4, 0.5) is 0 Å². The van der Waals surface area contributed by atoms with Gasteiger partial charge in [0.2, 0.25) is 11.6 Å². The molecule has 0 aliphatic carbocycles. The summed E-state index contributed by atoms with van der Waals surface area (Å²) in [5.41, 5.74) is 0. The third-order valence-electron chi connectivity index (χ3n) is 3.16. The van der Waals surface area contributed by atoms with Crippen molar-refractivity contribution in [2.75, 3.05) is 14.2 Å². The summed E-state index contributed by atoms with van der Waals surface area (Å²) in [5.74, 6) is -2.07. The highest BCUT2D eigenvalue weighted by Crippen LogP contribution is 2.65. The summed E-state index contributed by atoms with van der Waals surface area (Å²) in [4.78, 5) is 23.4. The predicted octanol–water partition coefficient (Wildman–Crippen LogP) is 2.30. The van der Waals surface area contributed by atoms with Gasteiger partial charge in [-0.05, 0) is 24.6 Å². The minimum atomic E-state index is -3.08. The summed E-state index contributed by atoms with van der Waals surface area (Å²) < 4.78 is 10.4. The number of rotatable bonds is 8. The lowest BCUT2D eigenvalue weighted by Gasteiger charge is -2.41. The Kier molecular flexibility index (Phi) is 7.03. The smallest absolute Gasteiger partial charge is 0.308 e. The van der Waals surface area contributed by atoms with Crippen LogP contribution >= 0.6 is 19.1 Å². The molecule has 0 rings (SSSR count). The van der Waals surface area contributed by atoms with Crippen LogP contribution in [0, 0.1) is 5.92 Å². The summed E-state index contributed by atoms with van der Waals surface area (Å²) in [6.45, 7) is 0.300. The number of carboxylic acids is 1. The molecule has 0 saturated carbocycles. The standard InChI is InChI=1S/C10H19O5PS2/c1-5-7(8(11)12)10(6-2,9(13)17)16(18,14-3)15-4/h7H,5-6H2,1-4H3,(H,11,12)(H,13,17). The van der Waals surface area contributed by atoms with Crippen molar-refractivity contribution in [3.63, 3.8) is 0 Å². The zero-order valence-corrected chi connectivity index (χ0v) is 13.5. The largest absolute Gasteiger partial charge is 0.481 e. The Balaban J connectivity index is 6.08. The van der Waals surface area contributed by atoms with Gasteiger partial charge < -0.3 is 14.2 Å². The molecule has 2 unspecified atom stereocenters. The Bertz CT molecular complexity index is 365. The average Bonchev–Trinajstić information content (AvgIpc) is 2.33. The molecule has 106 valence electrons. The van der Waals surface area contributed by atoms with Crippen LogP contribution in [-0.4, -0.2) is 35.6 Å². The molecule has 0 bridgehead atoms. The van der Waals surface area contributed by atoms with Gasteiger partial charge in [-0.2, -0.15) is 0 Å². The third kappa shape index (κ3) is 2.80. The van der Waals surface area contributed by atoms with E-state index in [1.807, 2.05) is 0 Å². The van der Waals surface area contributed by atoms with E-state index in [9.17, 15) is 14.7 Å². The highest BCUT2D eigenvalue weighted by molar-refractivity contribution is 8.12. The number of thiol groups is 1. The van der Waals surface area contributed by atoms with Crippen molar-refractivity contribution >= 4 is 42.0 Å². The lowest BCUT2D eigenvalue weighted by Crippen LogP contribution is -2.47. The van der Waals surface area contributed by atoms with Gasteiger partial charge in [-0.25, -0.2) is 0 Å². The lowest BCUT2D eigenvalue weighted by molar-refractivity contribution is -0.145. The maximum Gasteiger partial charge on any atom is 0.308 e. The Morgan fingerprint density at radius 3 is 2.00 bits per heavy atom. The van der Waals surface area contributed by atoms with E-state index in [1.54, 1.807) is 13.8 Å². The highest BCUT2D eigenvalue weighted by atomic mass is 32.5. The zero-order valence-electron chi connectivity index (χ0n) is 10.9. The number of hydrogen-bond donors (Lipinski definition) is 2. The van der Waals surface area contributed by atoms with Gasteiger partial charge in [0.25, 0.3) is 0 Å². The number of carbonyl (C=O) groups excluding carboxylic acids is 1. The van der Waals surface area contributed by atoms with E-state index >= 15 is 0 Å². The number of aliphatic carboxylic acids is 1. The van der Waals surface area contributed by atoms with Crippen LogP contribution in [0.5, 0.6) is 0 Å². The predicted molar refractivity (Wildman–Crippen MR) is 76.7 cm³/mol. The first kappa shape index (κ1) is 18.1. The molecule has 0 aromatic heterocycles. The monoisotopic (exact) mass is 314 g/mol. The van der Waals surface area contributed by atoms with Crippen molar-refractivity contribution in [1.82, 2.24) is 0 Å². The van der Waals surface area contributed by atoms with E-state index < -0.39 is 28.7 Å². The van der Waals surface area contributed by atoms with Crippen LogP contribution in [0.1, 0.15) is 26.7 Å². The van der Waals surface area contributed by atoms with Crippen molar-refractivity contribution in [2.45, 2.75) is 31.8 Å². The van der Waals surface area contributed by atoms with Crippen LogP contribution in [0.3, 0.4) is 0 Å².